The summed E-state index contributed by atoms with van der Waals surface area (Å²) in [6.07, 6.45) is 0. The lowest BCUT2D eigenvalue weighted by molar-refractivity contribution is 0.415. The Morgan fingerprint density at radius 1 is 0.885 bits per heavy atom. The van der Waals surface area contributed by atoms with Gasteiger partial charge in [0.1, 0.15) is 22.7 Å². The van der Waals surface area contributed by atoms with Crippen LogP contribution in [0.4, 0.5) is 0 Å². The van der Waals surface area contributed by atoms with Gasteiger partial charge in [0.05, 0.1) is 19.9 Å². The topological polar surface area (TPSA) is 57.4 Å². The second-order valence-electron chi connectivity index (χ2n) is 5.93. The Morgan fingerprint density at radius 3 is 2.54 bits per heavy atom. The Balaban J connectivity index is 2.00. The van der Waals surface area contributed by atoms with E-state index in [2.05, 4.69) is 5.16 Å². The van der Waals surface area contributed by atoms with Crippen LogP contribution in [0, 0.1) is 6.92 Å². The first-order valence-corrected chi connectivity index (χ1v) is 8.26. The van der Waals surface area contributed by atoms with Gasteiger partial charge in [-0.25, -0.2) is 4.98 Å². The normalized spacial score (nSPS) is 10.9. The molecule has 0 saturated carbocycles. The number of rotatable bonds is 4. The van der Waals surface area contributed by atoms with Gasteiger partial charge in [-0.05, 0) is 42.8 Å². The summed E-state index contributed by atoms with van der Waals surface area (Å²) >= 11 is 0. The maximum Gasteiger partial charge on any atom is 0.193 e. The van der Waals surface area contributed by atoms with Crippen molar-refractivity contribution in [2.45, 2.75) is 6.92 Å². The predicted octanol–water partition coefficient (Wildman–Crippen LogP) is 4.88. The summed E-state index contributed by atoms with van der Waals surface area (Å²) in [4.78, 5) is 4.77. The fraction of sp³-hybridized carbons (Fsp3) is 0.143. The summed E-state index contributed by atoms with van der Waals surface area (Å²) in [5, 5.41) is 4.10. The van der Waals surface area contributed by atoms with E-state index in [9.17, 15) is 0 Å². The van der Waals surface area contributed by atoms with Crippen molar-refractivity contribution >= 4 is 11.1 Å². The number of ether oxygens (including phenoxy) is 2. The molecule has 0 unspecified atom stereocenters. The molecule has 2 aromatic heterocycles. The fourth-order valence-electron chi connectivity index (χ4n) is 3.03. The molecule has 4 rings (SSSR count). The van der Waals surface area contributed by atoms with Crippen molar-refractivity contribution in [2.24, 2.45) is 0 Å². The summed E-state index contributed by atoms with van der Waals surface area (Å²) in [5.41, 5.74) is 5.77. The zero-order chi connectivity index (χ0) is 18.1. The van der Waals surface area contributed by atoms with E-state index >= 15 is 0 Å². The summed E-state index contributed by atoms with van der Waals surface area (Å²) < 4.78 is 16.4. The molecule has 0 fully saturated rings. The average Bonchev–Trinajstić information content (AvgIpc) is 3.08. The second-order valence-corrected chi connectivity index (χ2v) is 5.93. The number of pyridine rings is 1. The molecule has 2 heterocycles. The van der Waals surface area contributed by atoms with Crippen molar-refractivity contribution in [3.63, 3.8) is 0 Å². The monoisotopic (exact) mass is 346 g/mol. The lowest BCUT2D eigenvalue weighted by Crippen LogP contribution is -1.92. The third kappa shape index (κ3) is 2.67. The molecule has 0 aliphatic rings. The van der Waals surface area contributed by atoms with Crippen LogP contribution in [-0.4, -0.2) is 24.4 Å². The van der Waals surface area contributed by atoms with Crippen LogP contribution in [0.2, 0.25) is 0 Å². The van der Waals surface area contributed by atoms with Crippen LogP contribution in [0.15, 0.2) is 59.1 Å². The summed E-state index contributed by atoms with van der Waals surface area (Å²) in [6.45, 7) is 1.89. The van der Waals surface area contributed by atoms with Gasteiger partial charge in [-0.1, -0.05) is 29.4 Å². The molecule has 0 bridgehead atoms. The number of hydrogen-bond acceptors (Lipinski definition) is 5. The van der Waals surface area contributed by atoms with E-state index in [0.29, 0.717) is 5.58 Å². The van der Waals surface area contributed by atoms with Gasteiger partial charge in [-0.15, -0.1) is 0 Å². The minimum absolute atomic E-state index is 0.661. The molecule has 0 spiro atoms. The number of hydrogen-bond donors (Lipinski definition) is 0. The lowest BCUT2D eigenvalue weighted by Gasteiger charge is -2.10. The van der Waals surface area contributed by atoms with Crippen LogP contribution < -0.4 is 9.47 Å². The molecule has 26 heavy (non-hydrogen) atoms. The van der Waals surface area contributed by atoms with Crippen molar-refractivity contribution in [2.75, 3.05) is 14.2 Å². The Hall–Kier alpha value is -3.34. The standard InChI is InChI=1S/C21H18N2O3/c1-13-20-21(26-23-13)17(14-7-6-8-15(11-14)24-2)12-18(22-20)16-9-4-5-10-19(16)25-3/h4-12H,1-3H3. The highest BCUT2D eigenvalue weighted by Crippen LogP contribution is 2.37. The largest absolute Gasteiger partial charge is 0.497 e. The van der Waals surface area contributed by atoms with Gasteiger partial charge in [0.25, 0.3) is 0 Å². The highest BCUT2D eigenvalue weighted by Gasteiger charge is 2.17. The molecule has 0 aliphatic carbocycles. The van der Waals surface area contributed by atoms with Gasteiger partial charge < -0.3 is 14.0 Å². The smallest absolute Gasteiger partial charge is 0.193 e. The zero-order valence-electron chi connectivity index (χ0n) is 14.8. The molecule has 5 nitrogen and oxygen atoms in total. The van der Waals surface area contributed by atoms with Crippen LogP contribution in [0.5, 0.6) is 11.5 Å². The van der Waals surface area contributed by atoms with E-state index in [1.807, 2.05) is 61.5 Å². The summed E-state index contributed by atoms with van der Waals surface area (Å²) in [6, 6.07) is 17.7. The maximum absolute atomic E-state index is 5.57. The second kappa shape index (κ2) is 6.52. The maximum atomic E-state index is 5.57. The SMILES string of the molecule is COc1cccc(-c2cc(-c3ccccc3OC)nc3c(C)noc23)c1. The highest BCUT2D eigenvalue weighted by atomic mass is 16.5. The first kappa shape index (κ1) is 16.1. The zero-order valence-corrected chi connectivity index (χ0v) is 14.8. The van der Waals surface area contributed by atoms with Gasteiger partial charge in [-0.3, -0.25) is 0 Å². The number of aryl methyl sites for hydroxylation is 1. The van der Waals surface area contributed by atoms with Gasteiger partial charge in [0, 0.05) is 11.1 Å². The van der Waals surface area contributed by atoms with Crippen molar-refractivity contribution in [3.8, 4) is 33.9 Å². The molecule has 0 radical (unpaired) electrons. The molecule has 130 valence electrons. The Morgan fingerprint density at radius 2 is 1.73 bits per heavy atom. The van der Waals surface area contributed by atoms with Crippen LogP contribution >= 0.6 is 0 Å². The number of para-hydroxylation sites is 1. The fourth-order valence-corrected chi connectivity index (χ4v) is 3.03. The van der Waals surface area contributed by atoms with E-state index < -0.39 is 0 Å². The quantitative estimate of drug-likeness (QED) is 0.527. The van der Waals surface area contributed by atoms with E-state index in [0.717, 1.165) is 45.1 Å². The van der Waals surface area contributed by atoms with Crippen molar-refractivity contribution in [1.29, 1.82) is 0 Å². The minimum Gasteiger partial charge on any atom is -0.497 e. The molecular formula is C21H18N2O3. The number of methoxy groups -OCH3 is 2. The minimum atomic E-state index is 0.661. The lowest BCUT2D eigenvalue weighted by atomic mass is 10.0. The van der Waals surface area contributed by atoms with Crippen molar-refractivity contribution in [1.82, 2.24) is 10.1 Å². The van der Waals surface area contributed by atoms with Gasteiger partial charge in [0.2, 0.25) is 0 Å². The van der Waals surface area contributed by atoms with Crippen molar-refractivity contribution in [3.05, 3.63) is 60.3 Å². The molecule has 5 heteroatoms. The number of benzene rings is 2. The first-order valence-electron chi connectivity index (χ1n) is 8.26. The predicted molar refractivity (Wildman–Crippen MR) is 101 cm³/mol. The van der Waals surface area contributed by atoms with E-state index in [4.69, 9.17) is 19.0 Å². The summed E-state index contributed by atoms with van der Waals surface area (Å²) in [7, 11) is 3.31. The number of aromatic nitrogens is 2. The molecular weight excluding hydrogens is 328 g/mol. The Bertz CT molecular complexity index is 1090. The van der Waals surface area contributed by atoms with E-state index in [1.165, 1.54) is 0 Å². The molecule has 0 amide bonds. The van der Waals surface area contributed by atoms with Gasteiger partial charge in [-0.2, -0.15) is 0 Å². The van der Waals surface area contributed by atoms with E-state index in [1.54, 1.807) is 14.2 Å². The van der Waals surface area contributed by atoms with Crippen LogP contribution in [-0.2, 0) is 0 Å². The summed E-state index contributed by atoms with van der Waals surface area (Å²) in [5.74, 6) is 1.55. The third-order valence-corrected chi connectivity index (χ3v) is 4.35. The molecule has 0 saturated heterocycles. The Kier molecular flexibility index (Phi) is 4.05. The molecule has 0 aliphatic heterocycles. The van der Waals surface area contributed by atoms with Crippen LogP contribution in [0.3, 0.4) is 0 Å². The first-order chi connectivity index (χ1) is 12.7. The van der Waals surface area contributed by atoms with Gasteiger partial charge in [0.15, 0.2) is 5.58 Å². The van der Waals surface area contributed by atoms with Crippen molar-refractivity contribution < 1.29 is 14.0 Å². The Labute approximate surface area is 151 Å². The molecule has 2 aromatic carbocycles. The highest BCUT2D eigenvalue weighted by molar-refractivity contribution is 5.94. The average molecular weight is 346 g/mol. The van der Waals surface area contributed by atoms with Gasteiger partial charge >= 0.3 is 0 Å². The number of nitrogens with zero attached hydrogens (tertiary/aromatic N) is 2. The molecule has 0 N–H and O–H groups in total. The van der Waals surface area contributed by atoms with E-state index in [-0.39, 0.29) is 0 Å². The third-order valence-electron chi connectivity index (χ3n) is 4.35. The van der Waals surface area contributed by atoms with Crippen LogP contribution in [0.1, 0.15) is 5.69 Å². The molecule has 4 aromatic rings. The van der Waals surface area contributed by atoms with Crippen LogP contribution in [0.25, 0.3) is 33.5 Å². The number of fused-ring (bicyclic) bond motifs is 1. The molecule has 0 atom stereocenters.